The zero-order valence-electron chi connectivity index (χ0n) is 14.8. The maximum absolute atomic E-state index is 12.8. The third-order valence-corrected chi connectivity index (χ3v) is 5.93. The second-order valence-electron chi connectivity index (χ2n) is 7.46. The third-order valence-electron chi connectivity index (χ3n) is 5.68. The Kier molecular flexibility index (Phi) is 4.86. The highest BCUT2D eigenvalue weighted by atomic mass is 35.5. The zero-order chi connectivity index (χ0) is 18.0. The standard InChI is InChI=1S/C21H24ClN3O/c22-18-5-3-17(4-6-18)21(9-10-21)20(26)24-14-16-2-1-13-25(15-16)19-7-11-23-12-8-19/h3-8,11-12,16H,1-2,9-10,13-15H2,(H,24,26). The van der Waals surface area contributed by atoms with Gasteiger partial charge in [0, 0.05) is 42.7 Å². The Hall–Kier alpha value is -2.07. The summed E-state index contributed by atoms with van der Waals surface area (Å²) in [7, 11) is 0. The van der Waals surface area contributed by atoms with E-state index in [1.54, 1.807) is 0 Å². The maximum Gasteiger partial charge on any atom is 0.230 e. The van der Waals surface area contributed by atoms with Crippen molar-refractivity contribution in [3.63, 3.8) is 0 Å². The molecule has 2 heterocycles. The highest BCUT2D eigenvalue weighted by Gasteiger charge is 2.51. The van der Waals surface area contributed by atoms with E-state index in [9.17, 15) is 4.79 Å². The number of pyridine rings is 1. The van der Waals surface area contributed by atoms with Gasteiger partial charge in [-0.1, -0.05) is 23.7 Å². The molecule has 1 N–H and O–H groups in total. The Labute approximate surface area is 159 Å². The number of rotatable bonds is 5. The van der Waals surface area contributed by atoms with Crippen LogP contribution in [0.2, 0.25) is 5.02 Å². The normalized spacial score (nSPS) is 21.3. The number of anilines is 1. The van der Waals surface area contributed by atoms with Gasteiger partial charge < -0.3 is 10.2 Å². The van der Waals surface area contributed by atoms with Crippen molar-refractivity contribution < 1.29 is 4.79 Å². The van der Waals surface area contributed by atoms with E-state index < -0.39 is 0 Å². The van der Waals surface area contributed by atoms with Crippen LogP contribution in [-0.2, 0) is 10.2 Å². The highest BCUT2D eigenvalue weighted by Crippen LogP contribution is 2.48. The minimum Gasteiger partial charge on any atom is -0.371 e. The number of carbonyl (C=O) groups excluding carboxylic acids is 1. The van der Waals surface area contributed by atoms with Crippen LogP contribution in [0.4, 0.5) is 5.69 Å². The Balaban J connectivity index is 1.35. The van der Waals surface area contributed by atoms with E-state index in [2.05, 4.69) is 27.3 Å². The summed E-state index contributed by atoms with van der Waals surface area (Å²) in [6.45, 7) is 2.80. The van der Waals surface area contributed by atoms with Gasteiger partial charge in [0.2, 0.25) is 5.91 Å². The van der Waals surface area contributed by atoms with Crippen molar-refractivity contribution in [3.05, 3.63) is 59.4 Å². The van der Waals surface area contributed by atoms with Crippen molar-refractivity contribution in [2.24, 2.45) is 5.92 Å². The monoisotopic (exact) mass is 369 g/mol. The van der Waals surface area contributed by atoms with Crippen LogP contribution < -0.4 is 10.2 Å². The SMILES string of the molecule is O=C(NCC1CCCN(c2ccncc2)C1)C1(c2ccc(Cl)cc2)CC1. The number of amides is 1. The van der Waals surface area contributed by atoms with Crippen molar-refractivity contribution in [1.82, 2.24) is 10.3 Å². The predicted octanol–water partition coefficient (Wildman–Crippen LogP) is 3.80. The number of benzene rings is 1. The largest absolute Gasteiger partial charge is 0.371 e. The van der Waals surface area contributed by atoms with Crippen molar-refractivity contribution >= 4 is 23.2 Å². The second-order valence-corrected chi connectivity index (χ2v) is 7.90. The molecule has 1 atom stereocenters. The fourth-order valence-corrected chi connectivity index (χ4v) is 4.09. The average Bonchev–Trinajstić information content (AvgIpc) is 3.50. The average molecular weight is 370 g/mol. The van der Waals surface area contributed by atoms with Crippen LogP contribution in [0.1, 0.15) is 31.2 Å². The molecule has 1 aliphatic heterocycles. The van der Waals surface area contributed by atoms with Crippen LogP contribution in [0.25, 0.3) is 0 Å². The quantitative estimate of drug-likeness (QED) is 0.871. The molecule has 1 unspecified atom stereocenters. The number of aromatic nitrogens is 1. The Morgan fingerprint density at radius 1 is 1.19 bits per heavy atom. The topological polar surface area (TPSA) is 45.2 Å². The molecule has 26 heavy (non-hydrogen) atoms. The lowest BCUT2D eigenvalue weighted by atomic mass is 9.93. The van der Waals surface area contributed by atoms with Gasteiger partial charge in [-0.05, 0) is 61.4 Å². The highest BCUT2D eigenvalue weighted by molar-refractivity contribution is 6.30. The van der Waals surface area contributed by atoms with Crippen LogP contribution in [0.15, 0.2) is 48.8 Å². The number of nitrogens with one attached hydrogen (secondary N) is 1. The Morgan fingerprint density at radius 3 is 2.62 bits per heavy atom. The first kappa shape index (κ1) is 17.3. The summed E-state index contributed by atoms with van der Waals surface area (Å²) >= 11 is 5.98. The van der Waals surface area contributed by atoms with E-state index in [4.69, 9.17) is 11.6 Å². The van der Waals surface area contributed by atoms with E-state index in [-0.39, 0.29) is 11.3 Å². The molecule has 1 saturated heterocycles. The Morgan fingerprint density at radius 2 is 1.92 bits per heavy atom. The fourth-order valence-electron chi connectivity index (χ4n) is 3.97. The summed E-state index contributed by atoms with van der Waals surface area (Å²) < 4.78 is 0. The maximum atomic E-state index is 12.8. The summed E-state index contributed by atoms with van der Waals surface area (Å²) in [4.78, 5) is 19.3. The molecule has 1 saturated carbocycles. The van der Waals surface area contributed by atoms with E-state index in [1.165, 1.54) is 5.69 Å². The summed E-state index contributed by atoms with van der Waals surface area (Å²) in [5.74, 6) is 0.655. The molecule has 1 aliphatic carbocycles. The summed E-state index contributed by atoms with van der Waals surface area (Å²) in [5.41, 5.74) is 1.97. The van der Waals surface area contributed by atoms with Crippen molar-refractivity contribution in [2.75, 3.05) is 24.5 Å². The molecule has 2 aromatic rings. The van der Waals surface area contributed by atoms with Crippen LogP contribution >= 0.6 is 11.6 Å². The molecule has 4 nitrogen and oxygen atoms in total. The molecule has 0 spiro atoms. The van der Waals surface area contributed by atoms with Crippen LogP contribution in [0.3, 0.4) is 0 Å². The molecule has 1 amide bonds. The first-order valence-electron chi connectivity index (χ1n) is 9.37. The number of piperidine rings is 1. The lowest BCUT2D eigenvalue weighted by Crippen LogP contribution is -2.43. The van der Waals surface area contributed by atoms with Gasteiger partial charge in [0.25, 0.3) is 0 Å². The summed E-state index contributed by atoms with van der Waals surface area (Å²) in [6.07, 6.45) is 7.84. The van der Waals surface area contributed by atoms with Crippen molar-refractivity contribution in [1.29, 1.82) is 0 Å². The summed E-state index contributed by atoms with van der Waals surface area (Å²) in [5, 5.41) is 3.94. The molecule has 1 aromatic carbocycles. The number of hydrogen-bond donors (Lipinski definition) is 1. The third kappa shape index (κ3) is 3.56. The van der Waals surface area contributed by atoms with E-state index >= 15 is 0 Å². The molecule has 2 aliphatic rings. The van der Waals surface area contributed by atoms with Crippen LogP contribution in [-0.4, -0.2) is 30.5 Å². The van der Waals surface area contributed by atoms with Gasteiger partial charge in [0.05, 0.1) is 5.41 Å². The van der Waals surface area contributed by atoms with Gasteiger partial charge in [0.15, 0.2) is 0 Å². The van der Waals surface area contributed by atoms with Gasteiger partial charge in [-0.15, -0.1) is 0 Å². The van der Waals surface area contributed by atoms with Crippen molar-refractivity contribution in [2.45, 2.75) is 31.1 Å². The minimum atomic E-state index is -0.329. The van der Waals surface area contributed by atoms with Gasteiger partial charge in [-0.2, -0.15) is 0 Å². The van der Waals surface area contributed by atoms with Gasteiger partial charge in [-0.3, -0.25) is 9.78 Å². The van der Waals surface area contributed by atoms with E-state index in [0.717, 1.165) is 50.9 Å². The first-order chi connectivity index (χ1) is 12.7. The van der Waals surface area contributed by atoms with Crippen molar-refractivity contribution in [3.8, 4) is 0 Å². The first-order valence-corrected chi connectivity index (χ1v) is 9.74. The number of halogens is 1. The molecule has 1 aromatic heterocycles. The molecular weight excluding hydrogens is 346 g/mol. The molecule has 136 valence electrons. The Bertz CT molecular complexity index is 759. The second kappa shape index (κ2) is 7.28. The lowest BCUT2D eigenvalue weighted by Gasteiger charge is -2.34. The fraction of sp³-hybridized carbons (Fsp3) is 0.429. The predicted molar refractivity (Wildman–Crippen MR) is 105 cm³/mol. The molecule has 2 fully saturated rings. The summed E-state index contributed by atoms with van der Waals surface area (Å²) in [6, 6.07) is 11.8. The number of hydrogen-bond acceptors (Lipinski definition) is 3. The number of nitrogens with zero attached hydrogens (tertiary/aromatic N) is 2. The molecule has 5 heteroatoms. The molecule has 0 radical (unpaired) electrons. The zero-order valence-corrected chi connectivity index (χ0v) is 15.6. The minimum absolute atomic E-state index is 0.167. The van der Waals surface area contributed by atoms with Gasteiger partial charge in [-0.25, -0.2) is 0 Å². The lowest BCUT2D eigenvalue weighted by molar-refractivity contribution is -0.123. The molecular formula is C21H24ClN3O. The van der Waals surface area contributed by atoms with E-state index in [1.807, 2.05) is 36.7 Å². The smallest absolute Gasteiger partial charge is 0.230 e. The van der Waals surface area contributed by atoms with Gasteiger partial charge in [0.1, 0.15) is 0 Å². The number of carbonyl (C=O) groups is 1. The van der Waals surface area contributed by atoms with Crippen LogP contribution in [0, 0.1) is 5.92 Å². The van der Waals surface area contributed by atoms with Crippen LogP contribution in [0.5, 0.6) is 0 Å². The van der Waals surface area contributed by atoms with E-state index in [0.29, 0.717) is 10.9 Å². The molecule has 4 rings (SSSR count). The molecule has 0 bridgehead atoms. The van der Waals surface area contributed by atoms with Gasteiger partial charge >= 0.3 is 0 Å².